The van der Waals surface area contributed by atoms with Gasteiger partial charge in [-0.2, -0.15) is 0 Å². The van der Waals surface area contributed by atoms with Crippen LogP contribution >= 0.6 is 0 Å². The van der Waals surface area contributed by atoms with Gasteiger partial charge in [-0.25, -0.2) is 0 Å². The molecule has 0 N–H and O–H groups in total. The van der Waals surface area contributed by atoms with Crippen LogP contribution in [-0.4, -0.2) is 6.04 Å². The average molecular weight is 685 g/mol. The second-order valence-corrected chi connectivity index (χ2v) is 15.6. The van der Waals surface area contributed by atoms with Crippen molar-refractivity contribution < 1.29 is 0 Å². The molecule has 2 unspecified atom stereocenters. The standard InChI is InChI=1S/C51H44N2/c1-51(2)47-19-11-9-17-43(47)44-31-30-42(34-48(44)51)52(40-26-21-36(22-27-40)35-13-5-3-6-14-35)41-28-23-37(24-29-41)38-25-32-50-46(33-38)45-18-10-12-20-49(45)53(50)39-15-7-4-8-16-39/h3-7,9,11-15,17,19-34,45,49H,8,10,16,18H2,1-2H3. The van der Waals surface area contributed by atoms with Gasteiger partial charge in [0, 0.05) is 39.8 Å². The predicted molar refractivity (Wildman–Crippen MR) is 223 cm³/mol. The third-order valence-corrected chi connectivity index (χ3v) is 12.2. The Bertz CT molecular complexity index is 2430. The van der Waals surface area contributed by atoms with Crippen LogP contribution in [0.5, 0.6) is 0 Å². The Kier molecular flexibility index (Phi) is 7.61. The Morgan fingerprint density at radius 1 is 0.585 bits per heavy atom. The zero-order chi connectivity index (χ0) is 35.5. The van der Waals surface area contributed by atoms with E-state index in [0.29, 0.717) is 12.0 Å². The largest absolute Gasteiger partial charge is 0.337 e. The molecule has 0 bridgehead atoms. The highest BCUT2D eigenvalue weighted by molar-refractivity contribution is 5.86. The van der Waals surface area contributed by atoms with Crippen LogP contribution in [0.15, 0.2) is 176 Å². The van der Waals surface area contributed by atoms with Crippen molar-refractivity contribution in [2.45, 2.75) is 56.9 Å². The fourth-order valence-corrected chi connectivity index (χ4v) is 9.48. The van der Waals surface area contributed by atoms with E-state index < -0.39 is 0 Å². The minimum absolute atomic E-state index is 0.0743. The van der Waals surface area contributed by atoms with Crippen LogP contribution < -0.4 is 9.80 Å². The summed E-state index contributed by atoms with van der Waals surface area (Å²) in [6, 6.07) is 52.5. The topological polar surface area (TPSA) is 6.48 Å². The minimum atomic E-state index is -0.0743. The van der Waals surface area contributed by atoms with Crippen LogP contribution in [0, 0.1) is 0 Å². The van der Waals surface area contributed by atoms with Gasteiger partial charge in [0.15, 0.2) is 0 Å². The number of anilines is 4. The summed E-state index contributed by atoms with van der Waals surface area (Å²) < 4.78 is 0. The molecule has 0 amide bonds. The van der Waals surface area contributed by atoms with Gasteiger partial charge in [-0.15, -0.1) is 0 Å². The number of hydrogen-bond acceptors (Lipinski definition) is 2. The Morgan fingerprint density at radius 2 is 1.25 bits per heavy atom. The highest BCUT2D eigenvalue weighted by Crippen LogP contribution is 2.52. The quantitative estimate of drug-likeness (QED) is 0.161. The molecule has 0 spiro atoms. The molecule has 258 valence electrons. The lowest BCUT2D eigenvalue weighted by atomic mass is 9.82. The summed E-state index contributed by atoms with van der Waals surface area (Å²) in [5.41, 5.74) is 18.2. The summed E-state index contributed by atoms with van der Waals surface area (Å²) in [5, 5.41) is 0. The molecule has 6 aromatic carbocycles. The fraction of sp³-hybridized carbons (Fsp3) is 0.176. The molecule has 53 heavy (non-hydrogen) atoms. The Morgan fingerprint density at radius 3 is 2.00 bits per heavy atom. The van der Waals surface area contributed by atoms with Crippen molar-refractivity contribution in [3.8, 4) is 33.4 Å². The molecule has 1 heterocycles. The van der Waals surface area contributed by atoms with Gasteiger partial charge in [0.25, 0.3) is 0 Å². The molecule has 2 nitrogen and oxygen atoms in total. The Labute approximate surface area is 314 Å². The molecular weight excluding hydrogens is 641 g/mol. The number of hydrogen-bond donors (Lipinski definition) is 0. The van der Waals surface area contributed by atoms with Crippen LogP contribution in [-0.2, 0) is 5.41 Å². The monoisotopic (exact) mass is 684 g/mol. The molecule has 0 aromatic heterocycles. The predicted octanol–water partition coefficient (Wildman–Crippen LogP) is 13.7. The van der Waals surface area contributed by atoms with Crippen LogP contribution in [0.1, 0.15) is 62.1 Å². The van der Waals surface area contributed by atoms with Crippen LogP contribution in [0.2, 0.25) is 0 Å². The van der Waals surface area contributed by atoms with E-state index in [4.69, 9.17) is 0 Å². The van der Waals surface area contributed by atoms with Gasteiger partial charge in [0.05, 0.1) is 6.04 Å². The number of nitrogens with zero attached hydrogens (tertiary/aromatic N) is 2. The first-order valence-corrected chi connectivity index (χ1v) is 19.3. The molecule has 0 radical (unpaired) electrons. The molecule has 4 aliphatic rings. The number of rotatable bonds is 6. The first kappa shape index (κ1) is 31.8. The van der Waals surface area contributed by atoms with E-state index in [1.54, 1.807) is 0 Å². The second-order valence-electron chi connectivity index (χ2n) is 15.6. The zero-order valence-electron chi connectivity index (χ0n) is 30.5. The Hall–Kier alpha value is -5.86. The van der Waals surface area contributed by atoms with E-state index in [0.717, 1.165) is 30.6 Å². The van der Waals surface area contributed by atoms with Crippen molar-refractivity contribution in [1.29, 1.82) is 0 Å². The van der Waals surface area contributed by atoms with Crippen molar-refractivity contribution in [2.24, 2.45) is 0 Å². The molecule has 2 heteroatoms. The minimum Gasteiger partial charge on any atom is -0.337 e. The summed E-state index contributed by atoms with van der Waals surface area (Å²) in [5.74, 6) is 0.533. The Balaban J connectivity index is 1.03. The summed E-state index contributed by atoms with van der Waals surface area (Å²) >= 11 is 0. The van der Waals surface area contributed by atoms with E-state index in [2.05, 4.69) is 194 Å². The SMILES string of the molecule is CC1(C)c2ccccc2-c2ccc(N(c3ccc(-c4ccccc4)cc3)c3ccc(-c4ccc5c(c4)C4CCC=CC4N5C4=CC=CCC4)cc3)cc21. The highest BCUT2D eigenvalue weighted by Gasteiger charge is 2.40. The third kappa shape index (κ3) is 5.31. The maximum Gasteiger partial charge on any atom is 0.0588 e. The fourth-order valence-electron chi connectivity index (χ4n) is 9.48. The summed E-state index contributed by atoms with van der Waals surface area (Å²) in [7, 11) is 0. The van der Waals surface area contributed by atoms with E-state index in [9.17, 15) is 0 Å². The summed E-state index contributed by atoms with van der Waals surface area (Å²) in [6.45, 7) is 4.72. The molecule has 0 saturated carbocycles. The molecule has 6 aromatic rings. The molecule has 1 aliphatic heterocycles. The van der Waals surface area contributed by atoms with Crippen LogP contribution in [0.4, 0.5) is 22.7 Å². The molecule has 3 aliphatic carbocycles. The lowest BCUT2D eigenvalue weighted by Crippen LogP contribution is -2.33. The molecule has 10 rings (SSSR count). The van der Waals surface area contributed by atoms with Gasteiger partial charge in [-0.1, -0.05) is 129 Å². The second kappa shape index (κ2) is 12.7. The van der Waals surface area contributed by atoms with Gasteiger partial charge in [-0.05, 0) is 130 Å². The van der Waals surface area contributed by atoms with Gasteiger partial charge in [0.2, 0.25) is 0 Å². The van der Waals surface area contributed by atoms with Crippen molar-refractivity contribution in [1.82, 2.24) is 0 Å². The van der Waals surface area contributed by atoms with E-state index in [1.807, 2.05) is 0 Å². The smallest absolute Gasteiger partial charge is 0.0588 e. The molecular formula is C51H44N2. The van der Waals surface area contributed by atoms with Crippen LogP contribution in [0.25, 0.3) is 33.4 Å². The normalized spacial score (nSPS) is 18.9. The van der Waals surface area contributed by atoms with E-state index in [-0.39, 0.29) is 5.41 Å². The maximum absolute atomic E-state index is 2.63. The van der Waals surface area contributed by atoms with Gasteiger partial charge >= 0.3 is 0 Å². The van der Waals surface area contributed by atoms with E-state index in [1.165, 1.54) is 73.6 Å². The van der Waals surface area contributed by atoms with Crippen molar-refractivity contribution in [3.63, 3.8) is 0 Å². The third-order valence-electron chi connectivity index (χ3n) is 12.2. The van der Waals surface area contributed by atoms with Gasteiger partial charge in [0.1, 0.15) is 0 Å². The van der Waals surface area contributed by atoms with Crippen molar-refractivity contribution in [3.05, 3.63) is 192 Å². The summed E-state index contributed by atoms with van der Waals surface area (Å²) in [4.78, 5) is 5.05. The maximum atomic E-state index is 2.63. The number of fused-ring (bicyclic) bond motifs is 6. The first-order chi connectivity index (χ1) is 26.0. The zero-order valence-corrected chi connectivity index (χ0v) is 30.5. The average Bonchev–Trinajstić information content (AvgIpc) is 3.67. The first-order valence-electron chi connectivity index (χ1n) is 19.3. The lowest BCUT2D eigenvalue weighted by Gasteiger charge is -2.32. The van der Waals surface area contributed by atoms with Crippen molar-refractivity contribution >= 4 is 22.7 Å². The number of benzene rings is 6. The summed E-state index contributed by atoms with van der Waals surface area (Å²) in [6.07, 6.45) is 16.3. The molecule has 0 fully saturated rings. The van der Waals surface area contributed by atoms with Crippen molar-refractivity contribution in [2.75, 3.05) is 9.80 Å². The lowest BCUT2D eigenvalue weighted by molar-refractivity contribution is 0.560. The van der Waals surface area contributed by atoms with Gasteiger partial charge < -0.3 is 9.80 Å². The molecule has 2 atom stereocenters. The molecule has 0 saturated heterocycles. The van der Waals surface area contributed by atoms with E-state index >= 15 is 0 Å². The number of allylic oxidation sites excluding steroid dienone is 5. The van der Waals surface area contributed by atoms with Crippen LogP contribution in [0.3, 0.4) is 0 Å². The van der Waals surface area contributed by atoms with Gasteiger partial charge in [-0.3, -0.25) is 0 Å². The highest BCUT2D eigenvalue weighted by atomic mass is 15.2.